The number of amides is 1. The maximum atomic E-state index is 13.4. The summed E-state index contributed by atoms with van der Waals surface area (Å²) in [5, 5.41) is 2.58. The first-order valence-electron chi connectivity index (χ1n) is 7.12. The molecule has 0 saturated heterocycles. The lowest BCUT2D eigenvalue weighted by Gasteiger charge is -2.13. The summed E-state index contributed by atoms with van der Waals surface area (Å²) in [6, 6.07) is 9.69. The number of sulfonamides is 1. The molecule has 0 unspecified atom stereocenters. The predicted octanol–water partition coefficient (Wildman–Crippen LogP) is 2.85. The van der Waals surface area contributed by atoms with Gasteiger partial charge >= 0.3 is 0 Å². The van der Waals surface area contributed by atoms with Gasteiger partial charge < -0.3 is 5.32 Å². The molecule has 0 fully saturated rings. The number of carbonyl (C=O) groups excluding carboxylic acids is 1. The molecule has 24 heavy (non-hydrogen) atoms. The van der Waals surface area contributed by atoms with Gasteiger partial charge in [-0.1, -0.05) is 24.3 Å². The standard InChI is InChI=1S/C17H17FN2O3S/c1-3-10-19-17(21)14-6-4-5-7-15(14)20-24(22,23)16-11-13(18)9-8-12(16)2/h3-9,11,20H,1,10H2,2H3,(H,19,21). The van der Waals surface area contributed by atoms with Crippen molar-refractivity contribution in [2.75, 3.05) is 11.3 Å². The number of nitrogens with one attached hydrogen (secondary N) is 2. The molecule has 0 aliphatic carbocycles. The molecule has 2 aromatic carbocycles. The highest BCUT2D eigenvalue weighted by molar-refractivity contribution is 7.92. The number of anilines is 1. The monoisotopic (exact) mass is 348 g/mol. The fraction of sp³-hybridized carbons (Fsp3) is 0.118. The number of rotatable bonds is 6. The Morgan fingerprint density at radius 2 is 1.96 bits per heavy atom. The Kier molecular flexibility index (Phi) is 5.35. The van der Waals surface area contributed by atoms with Gasteiger partial charge in [-0.3, -0.25) is 9.52 Å². The summed E-state index contributed by atoms with van der Waals surface area (Å²) in [5.41, 5.74) is 0.678. The molecular weight excluding hydrogens is 331 g/mol. The minimum Gasteiger partial charge on any atom is -0.349 e. The average molecular weight is 348 g/mol. The van der Waals surface area contributed by atoms with Gasteiger partial charge in [-0.15, -0.1) is 6.58 Å². The number of aryl methyl sites for hydroxylation is 1. The second kappa shape index (κ2) is 7.27. The molecule has 0 saturated carbocycles. The normalized spacial score (nSPS) is 10.9. The number of halogens is 1. The smallest absolute Gasteiger partial charge is 0.262 e. The highest BCUT2D eigenvalue weighted by atomic mass is 32.2. The molecule has 0 atom stereocenters. The highest BCUT2D eigenvalue weighted by Crippen LogP contribution is 2.22. The topological polar surface area (TPSA) is 75.3 Å². The molecule has 0 spiro atoms. The van der Waals surface area contributed by atoms with E-state index in [1.165, 1.54) is 30.3 Å². The van der Waals surface area contributed by atoms with E-state index in [-0.39, 0.29) is 22.7 Å². The summed E-state index contributed by atoms with van der Waals surface area (Å²) < 4.78 is 40.8. The van der Waals surface area contributed by atoms with Crippen molar-refractivity contribution in [2.24, 2.45) is 0 Å². The molecule has 1 amide bonds. The fourth-order valence-corrected chi connectivity index (χ4v) is 3.43. The van der Waals surface area contributed by atoms with Crippen LogP contribution in [0.15, 0.2) is 60.0 Å². The maximum absolute atomic E-state index is 13.4. The van der Waals surface area contributed by atoms with E-state index in [1.54, 1.807) is 19.1 Å². The lowest BCUT2D eigenvalue weighted by atomic mass is 10.1. The lowest BCUT2D eigenvalue weighted by molar-refractivity contribution is 0.0959. The van der Waals surface area contributed by atoms with Crippen molar-refractivity contribution in [1.29, 1.82) is 0 Å². The van der Waals surface area contributed by atoms with Crippen molar-refractivity contribution < 1.29 is 17.6 Å². The zero-order valence-corrected chi connectivity index (χ0v) is 13.9. The number of carbonyl (C=O) groups is 1. The van der Waals surface area contributed by atoms with E-state index in [9.17, 15) is 17.6 Å². The van der Waals surface area contributed by atoms with E-state index in [4.69, 9.17) is 0 Å². The van der Waals surface area contributed by atoms with E-state index < -0.39 is 21.7 Å². The Labute approximate surface area is 140 Å². The van der Waals surface area contributed by atoms with Crippen LogP contribution >= 0.6 is 0 Å². The second-order valence-electron chi connectivity index (χ2n) is 5.06. The SMILES string of the molecule is C=CCNC(=O)c1ccccc1NS(=O)(=O)c1cc(F)ccc1C. The van der Waals surface area contributed by atoms with Crippen molar-refractivity contribution in [3.05, 3.63) is 72.1 Å². The molecule has 7 heteroatoms. The molecule has 5 nitrogen and oxygen atoms in total. The van der Waals surface area contributed by atoms with Gasteiger partial charge in [0.1, 0.15) is 5.82 Å². The van der Waals surface area contributed by atoms with Crippen LogP contribution in [0, 0.1) is 12.7 Å². The number of hydrogen-bond acceptors (Lipinski definition) is 3. The average Bonchev–Trinajstić information content (AvgIpc) is 2.55. The number of para-hydroxylation sites is 1. The van der Waals surface area contributed by atoms with Gasteiger partial charge in [-0.25, -0.2) is 12.8 Å². The summed E-state index contributed by atoms with van der Waals surface area (Å²) in [6.45, 7) is 5.32. The first kappa shape index (κ1) is 17.7. The van der Waals surface area contributed by atoms with Crippen LogP contribution in [-0.4, -0.2) is 20.9 Å². The van der Waals surface area contributed by atoms with E-state index >= 15 is 0 Å². The lowest BCUT2D eigenvalue weighted by Crippen LogP contribution is -2.25. The van der Waals surface area contributed by atoms with Crippen molar-refractivity contribution in [1.82, 2.24) is 5.32 Å². The van der Waals surface area contributed by atoms with Crippen LogP contribution in [0.25, 0.3) is 0 Å². The second-order valence-corrected chi connectivity index (χ2v) is 6.71. The van der Waals surface area contributed by atoms with Crippen LogP contribution in [0.3, 0.4) is 0 Å². The Hall–Kier alpha value is -2.67. The minimum absolute atomic E-state index is 0.114. The van der Waals surface area contributed by atoms with Gasteiger partial charge in [0.2, 0.25) is 0 Å². The molecule has 0 aliphatic heterocycles. The molecule has 2 rings (SSSR count). The fourth-order valence-electron chi connectivity index (χ4n) is 2.09. The van der Waals surface area contributed by atoms with E-state index in [0.717, 1.165) is 6.07 Å². The molecule has 2 N–H and O–H groups in total. The molecular formula is C17H17FN2O3S. The first-order chi connectivity index (χ1) is 11.3. The Balaban J connectivity index is 2.38. The van der Waals surface area contributed by atoms with Gasteiger partial charge in [0.25, 0.3) is 15.9 Å². The maximum Gasteiger partial charge on any atom is 0.262 e. The van der Waals surface area contributed by atoms with Crippen LogP contribution in [0.4, 0.5) is 10.1 Å². The van der Waals surface area contributed by atoms with Gasteiger partial charge in [-0.05, 0) is 36.8 Å². The third-order valence-electron chi connectivity index (χ3n) is 3.26. The molecule has 0 heterocycles. The van der Waals surface area contributed by atoms with Crippen LogP contribution in [-0.2, 0) is 10.0 Å². The molecule has 0 aliphatic rings. The van der Waals surface area contributed by atoms with Gasteiger partial charge in [0.05, 0.1) is 16.1 Å². The summed E-state index contributed by atoms with van der Waals surface area (Å²) in [5.74, 6) is -1.10. The molecule has 0 bridgehead atoms. The predicted molar refractivity (Wildman–Crippen MR) is 90.9 cm³/mol. The summed E-state index contributed by atoms with van der Waals surface area (Å²) in [7, 11) is -4.03. The minimum atomic E-state index is -4.03. The van der Waals surface area contributed by atoms with Crippen molar-refractivity contribution >= 4 is 21.6 Å². The van der Waals surface area contributed by atoms with E-state index in [0.29, 0.717) is 5.56 Å². The van der Waals surface area contributed by atoms with Crippen LogP contribution in [0.2, 0.25) is 0 Å². The van der Waals surface area contributed by atoms with Gasteiger partial charge in [0.15, 0.2) is 0 Å². The number of hydrogen-bond donors (Lipinski definition) is 2. The summed E-state index contributed by atoms with van der Waals surface area (Å²) in [6.07, 6.45) is 1.51. The summed E-state index contributed by atoms with van der Waals surface area (Å²) >= 11 is 0. The van der Waals surface area contributed by atoms with E-state index in [2.05, 4.69) is 16.6 Å². The van der Waals surface area contributed by atoms with Gasteiger partial charge in [-0.2, -0.15) is 0 Å². The van der Waals surface area contributed by atoms with E-state index in [1.807, 2.05) is 0 Å². The van der Waals surface area contributed by atoms with Crippen LogP contribution in [0.1, 0.15) is 15.9 Å². The van der Waals surface area contributed by atoms with Crippen LogP contribution in [0.5, 0.6) is 0 Å². The largest absolute Gasteiger partial charge is 0.349 e. The first-order valence-corrected chi connectivity index (χ1v) is 8.60. The van der Waals surface area contributed by atoms with Crippen LogP contribution < -0.4 is 10.0 Å². The van der Waals surface area contributed by atoms with Gasteiger partial charge in [0, 0.05) is 6.54 Å². The Morgan fingerprint density at radius 1 is 1.25 bits per heavy atom. The van der Waals surface area contributed by atoms with Crippen molar-refractivity contribution in [2.45, 2.75) is 11.8 Å². The van der Waals surface area contributed by atoms with Crippen molar-refractivity contribution in [3.63, 3.8) is 0 Å². The van der Waals surface area contributed by atoms with Crippen molar-refractivity contribution in [3.8, 4) is 0 Å². The Bertz CT molecular complexity index is 879. The zero-order valence-electron chi connectivity index (χ0n) is 13.0. The molecule has 126 valence electrons. The quantitative estimate of drug-likeness (QED) is 0.788. The Morgan fingerprint density at radius 3 is 2.67 bits per heavy atom. The molecule has 0 aromatic heterocycles. The molecule has 2 aromatic rings. The highest BCUT2D eigenvalue weighted by Gasteiger charge is 2.20. The molecule has 0 radical (unpaired) electrons. The zero-order chi connectivity index (χ0) is 17.7. The third-order valence-corrected chi connectivity index (χ3v) is 4.77. The number of benzene rings is 2. The third kappa shape index (κ3) is 3.99. The summed E-state index contributed by atoms with van der Waals surface area (Å²) in [4.78, 5) is 11.9.